The van der Waals surface area contributed by atoms with Crippen LogP contribution in [0.25, 0.3) is 0 Å². The predicted octanol–water partition coefficient (Wildman–Crippen LogP) is 2.40. The van der Waals surface area contributed by atoms with Crippen molar-refractivity contribution in [2.45, 2.75) is 13.0 Å². The standard InChI is InChI=1S/C14H17ClN4O/c1-11(10-16)18-6-8-19(9-7-18)14(20)17-13-4-2-12(15)3-5-13/h2-5,11H,6-9H2,1H3,(H,17,20). The highest BCUT2D eigenvalue weighted by Gasteiger charge is 2.23. The van der Waals surface area contributed by atoms with E-state index in [4.69, 9.17) is 16.9 Å². The van der Waals surface area contributed by atoms with E-state index in [0.29, 0.717) is 18.1 Å². The number of benzene rings is 1. The lowest BCUT2D eigenvalue weighted by Crippen LogP contribution is -2.52. The van der Waals surface area contributed by atoms with Crippen LogP contribution in [-0.2, 0) is 0 Å². The Kier molecular flexibility index (Phi) is 4.83. The summed E-state index contributed by atoms with van der Waals surface area (Å²) in [6.45, 7) is 4.59. The molecule has 0 radical (unpaired) electrons. The number of halogens is 1. The van der Waals surface area contributed by atoms with Gasteiger partial charge in [-0.25, -0.2) is 4.79 Å². The molecule has 1 N–H and O–H groups in total. The number of hydrogen-bond acceptors (Lipinski definition) is 3. The molecule has 6 heteroatoms. The van der Waals surface area contributed by atoms with Crippen molar-refractivity contribution < 1.29 is 4.79 Å². The molecule has 1 aromatic carbocycles. The number of hydrogen-bond donors (Lipinski definition) is 1. The fourth-order valence-corrected chi connectivity index (χ4v) is 2.26. The molecule has 1 heterocycles. The highest BCUT2D eigenvalue weighted by Crippen LogP contribution is 2.14. The number of nitrogens with zero attached hydrogens (tertiary/aromatic N) is 3. The average Bonchev–Trinajstić information content (AvgIpc) is 2.49. The molecule has 1 fully saturated rings. The van der Waals surface area contributed by atoms with Gasteiger partial charge in [0.1, 0.15) is 0 Å². The summed E-state index contributed by atoms with van der Waals surface area (Å²) in [4.78, 5) is 15.9. The fourth-order valence-electron chi connectivity index (χ4n) is 2.13. The van der Waals surface area contributed by atoms with Crippen molar-refractivity contribution in [3.8, 4) is 6.07 Å². The Morgan fingerprint density at radius 1 is 1.30 bits per heavy atom. The average molecular weight is 293 g/mol. The van der Waals surface area contributed by atoms with Crippen LogP contribution in [0.2, 0.25) is 5.02 Å². The number of rotatable bonds is 2. The topological polar surface area (TPSA) is 59.4 Å². The van der Waals surface area contributed by atoms with Gasteiger partial charge in [0, 0.05) is 36.9 Å². The van der Waals surface area contributed by atoms with Crippen LogP contribution in [0.5, 0.6) is 0 Å². The molecule has 0 saturated carbocycles. The highest BCUT2D eigenvalue weighted by atomic mass is 35.5. The summed E-state index contributed by atoms with van der Waals surface area (Å²) < 4.78 is 0. The van der Waals surface area contributed by atoms with Gasteiger partial charge in [0.2, 0.25) is 0 Å². The first-order valence-corrected chi connectivity index (χ1v) is 6.93. The molecular weight excluding hydrogens is 276 g/mol. The lowest BCUT2D eigenvalue weighted by molar-refractivity contribution is 0.135. The van der Waals surface area contributed by atoms with Crippen molar-refractivity contribution in [2.24, 2.45) is 0 Å². The van der Waals surface area contributed by atoms with E-state index in [2.05, 4.69) is 16.3 Å². The molecule has 1 atom stereocenters. The second kappa shape index (κ2) is 6.60. The minimum Gasteiger partial charge on any atom is -0.322 e. The van der Waals surface area contributed by atoms with E-state index < -0.39 is 0 Å². The smallest absolute Gasteiger partial charge is 0.321 e. The fraction of sp³-hybridized carbons (Fsp3) is 0.429. The molecule has 1 aliphatic rings. The predicted molar refractivity (Wildman–Crippen MR) is 78.7 cm³/mol. The number of nitriles is 1. The number of carbonyl (C=O) groups is 1. The van der Waals surface area contributed by atoms with Crippen LogP contribution in [-0.4, -0.2) is 48.1 Å². The Morgan fingerprint density at radius 3 is 2.45 bits per heavy atom. The third kappa shape index (κ3) is 3.62. The Balaban J connectivity index is 1.86. The Morgan fingerprint density at radius 2 is 1.90 bits per heavy atom. The van der Waals surface area contributed by atoms with Crippen LogP contribution in [0.3, 0.4) is 0 Å². The maximum Gasteiger partial charge on any atom is 0.321 e. The molecule has 1 aromatic rings. The minimum atomic E-state index is -0.114. The Labute approximate surface area is 123 Å². The van der Waals surface area contributed by atoms with Gasteiger partial charge < -0.3 is 10.2 Å². The van der Waals surface area contributed by atoms with Crippen molar-refractivity contribution >= 4 is 23.3 Å². The van der Waals surface area contributed by atoms with E-state index in [9.17, 15) is 4.79 Å². The molecular formula is C14H17ClN4O. The van der Waals surface area contributed by atoms with Gasteiger partial charge in [0.15, 0.2) is 0 Å². The van der Waals surface area contributed by atoms with Crippen LogP contribution in [0.1, 0.15) is 6.92 Å². The number of carbonyl (C=O) groups excluding carboxylic acids is 1. The van der Waals surface area contributed by atoms with Gasteiger partial charge in [0.25, 0.3) is 0 Å². The van der Waals surface area contributed by atoms with Crippen molar-refractivity contribution in [1.29, 1.82) is 5.26 Å². The van der Waals surface area contributed by atoms with E-state index in [-0.39, 0.29) is 12.1 Å². The van der Waals surface area contributed by atoms with Gasteiger partial charge in [-0.15, -0.1) is 0 Å². The van der Waals surface area contributed by atoms with Crippen LogP contribution in [0.4, 0.5) is 10.5 Å². The minimum absolute atomic E-state index is 0.100. The first-order chi connectivity index (χ1) is 9.60. The quantitative estimate of drug-likeness (QED) is 0.910. The molecule has 5 nitrogen and oxygen atoms in total. The number of anilines is 1. The maximum atomic E-state index is 12.1. The van der Waals surface area contributed by atoms with Crippen molar-refractivity contribution in [2.75, 3.05) is 31.5 Å². The zero-order valence-corrected chi connectivity index (χ0v) is 12.1. The number of amides is 2. The lowest BCUT2D eigenvalue weighted by atomic mass is 10.2. The zero-order chi connectivity index (χ0) is 14.5. The molecule has 2 rings (SSSR count). The maximum absolute atomic E-state index is 12.1. The largest absolute Gasteiger partial charge is 0.322 e. The number of urea groups is 1. The third-order valence-electron chi connectivity index (χ3n) is 3.43. The molecule has 0 spiro atoms. The summed E-state index contributed by atoms with van der Waals surface area (Å²) in [5.74, 6) is 0. The van der Waals surface area contributed by atoms with Crippen LogP contribution in [0, 0.1) is 11.3 Å². The molecule has 20 heavy (non-hydrogen) atoms. The molecule has 0 aliphatic carbocycles. The Bertz CT molecular complexity index is 503. The molecule has 0 bridgehead atoms. The summed E-state index contributed by atoms with van der Waals surface area (Å²) in [7, 11) is 0. The SMILES string of the molecule is CC(C#N)N1CCN(C(=O)Nc2ccc(Cl)cc2)CC1. The number of nitrogens with one attached hydrogen (secondary N) is 1. The van der Waals surface area contributed by atoms with Crippen LogP contribution < -0.4 is 5.32 Å². The van der Waals surface area contributed by atoms with E-state index in [1.54, 1.807) is 29.2 Å². The molecule has 2 amide bonds. The Hall–Kier alpha value is -1.77. The normalized spacial score (nSPS) is 17.4. The van der Waals surface area contributed by atoms with Gasteiger partial charge in [-0.3, -0.25) is 4.90 Å². The second-order valence-electron chi connectivity index (χ2n) is 4.77. The highest BCUT2D eigenvalue weighted by molar-refractivity contribution is 6.30. The first-order valence-electron chi connectivity index (χ1n) is 6.55. The summed E-state index contributed by atoms with van der Waals surface area (Å²) in [5.41, 5.74) is 0.729. The molecule has 106 valence electrons. The second-order valence-corrected chi connectivity index (χ2v) is 5.20. The summed E-state index contributed by atoms with van der Waals surface area (Å²) in [6.07, 6.45) is 0. The summed E-state index contributed by atoms with van der Waals surface area (Å²) >= 11 is 5.80. The van der Waals surface area contributed by atoms with E-state index in [1.165, 1.54) is 0 Å². The van der Waals surface area contributed by atoms with Gasteiger partial charge in [-0.1, -0.05) is 11.6 Å². The van der Waals surface area contributed by atoms with Crippen LogP contribution >= 0.6 is 11.6 Å². The van der Waals surface area contributed by atoms with Gasteiger partial charge in [0.05, 0.1) is 12.1 Å². The first kappa shape index (κ1) is 14.6. The summed E-state index contributed by atoms with van der Waals surface area (Å²) in [6, 6.07) is 9.03. The molecule has 1 saturated heterocycles. The van der Waals surface area contributed by atoms with Crippen molar-refractivity contribution in [3.05, 3.63) is 29.3 Å². The third-order valence-corrected chi connectivity index (χ3v) is 3.68. The monoisotopic (exact) mass is 292 g/mol. The van der Waals surface area contributed by atoms with Gasteiger partial charge in [-0.2, -0.15) is 5.26 Å². The molecule has 1 unspecified atom stereocenters. The van der Waals surface area contributed by atoms with Gasteiger partial charge >= 0.3 is 6.03 Å². The lowest BCUT2D eigenvalue weighted by Gasteiger charge is -2.35. The van der Waals surface area contributed by atoms with Gasteiger partial charge in [-0.05, 0) is 31.2 Å². The van der Waals surface area contributed by atoms with Crippen molar-refractivity contribution in [1.82, 2.24) is 9.80 Å². The van der Waals surface area contributed by atoms with E-state index in [1.807, 2.05) is 6.92 Å². The van der Waals surface area contributed by atoms with E-state index in [0.717, 1.165) is 18.8 Å². The number of piperazine rings is 1. The molecule has 0 aromatic heterocycles. The van der Waals surface area contributed by atoms with E-state index >= 15 is 0 Å². The van der Waals surface area contributed by atoms with Crippen molar-refractivity contribution in [3.63, 3.8) is 0 Å². The zero-order valence-electron chi connectivity index (χ0n) is 11.3. The van der Waals surface area contributed by atoms with Crippen LogP contribution in [0.15, 0.2) is 24.3 Å². The molecule has 1 aliphatic heterocycles. The summed E-state index contributed by atoms with van der Waals surface area (Å²) in [5, 5.41) is 12.4.